The SMILES string of the molecule is CC1CN(CCOC2CCC(C(C)(C)C)CC2)CC(C)O1. The molecule has 1 aliphatic carbocycles. The fraction of sp³-hybridized carbons (Fsp3) is 1.00. The first kappa shape index (κ1) is 17.2. The van der Waals surface area contributed by atoms with Crippen molar-refractivity contribution < 1.29 is 9.47 Å². The average Bonchev–Trinajstić information content (AvgIpc) is 2.37. The van der Waals surface area contributed by atoms with Gasteiger partial charge in [0.25, 0.3) is 0 Å². The maximum atomic E-state index is 6.13. The molecule has 0 aromatic heterocycles. The van der Waals surface area contributed by atoms with Crippen molar-refractivity contribution in [3.05, 3.63) is 0 Å². The summed E-state index contributed by atoms with van der Waals surface area (Å²) in [7, 11) is 0. The van der Waals surface area contributed by atoms with Crippen LogP contribution in [0.15, 0.2) is 0 Å². The Bertz CT molecular complexity index is 295. The number of morpholine rings is 1. The lowest BCUT2D eigenvalue weighted by atomic mass is 9.72. The van der Waals surface area contributed by atoms with Gasteiger partial charge in [0.15, 0.2) is 0 Å². The van der Waals surface area contributed by atoms with Gasteiger partial charge in [-0.1, -0.05) is 20.8 Å². The highest BCUT2D eigenvalue weighted by Crippen LogP contribution is 2.38. The molecule has 1 saturated carbocycles. The first-order valence-corrected chi connectivity index (χ1v) is 8.84. The van der Waals surface area contributed by atoms with Crippen LogP contribution in [0.5, 0.6) is 0 Å². The topological polar surface area (TPSA) is 21.7 Å². The molecule has 3 heteroatoms. The van der Waals surface area contributed by atoms with Crippen molar-refractivity contribution >= 4 is 0 Å². The Morgan fingerprint density at radius 2 is 1.57 bits per heavy atom. The van der Waals surface area contributed by atoms with E-state index in [4.69, 9.17) is 9.47 Å². The molecule has 0 bridgehead atoms. The van der Waals surface area contributed by atoms with Gasteiger partial charge in [0.2, 0.25) is 0 Å². The van der Waals surface area contributed by atoms with Crippen molar-refractivity contribution in [1.29, 1.82) is 0 Å². The molecule has 0 amide bonds. The monoisotopic (exact) mass is 297 g/mol. The predicted octanol–water partition coefficient (Wildman–Crippen LogP) is 3.72. The molecule has 1 heterocycles. The van der Waals surface area contributed by atoms with Crippen LogP contribution in [0.1, 0.15) is 60.3 Å². The van der Waals surface area contributed by atoms with Gasteiger partial charge in [-0.25, -0.2) is 0 Å². The van der Waals surface area contributed by atoms with Crippen molar-refractivity contribution in [2.75, 3.05) is 26.2 Å². The Labute approximate surface area is 131 Å². The van der Waals surface area contributed by atoms with Crippen molar-refractivity contribution in [1.82, 2.24) is 4.90 Å². The molecule has 0 aromatic rings. The van der Waals surface area contributed by atoms with Gasteiger partial charge in [-0.05, 0) is 50.9 Å². The molecule has 1 saturated heterocycles. The lowest BCUT2D eigenvalue weighted by Gasteiger charge is -2.38. The van der Waals surface area contributed by atoms with Gasteiger partial charge >= 0.3 is 0 Å². The summed E-state index contributed by atoms with van der Waals surface area (Å²) in [6.45, 7) is 15.5. The quantitative estimate of drug-likeness (QED) is 0.789. The summed E-state index contributed by atoms with van der Waals surface area (Å²) in [5.74, 6) is 0.873. The summed E-state index contributed by atoms with van der Waals surface area (Å²) in [5, 5.41) is 0. The third kappa shape index (κ3) is 5.54. The summed E-state index contributed by atoms with van der Waals surface area (Å²) in [4.78, 5) is 2.49. The van der Waals surface area contributed by atoms with Gasteiger partial charge in [0, 0.05) is 19.6 Å². The highest BCUT2D eigenvalue weighted by atomic mass is 16.5. The third-order valence-electron chi connectivity index (χ3n) is 5.16. The molecular formula is C18H35NO2. The van der Waals surface area contributed by atoms with Crippen LogP contribution < -0.4 is 0 Å². The molecule has 0 N–H and O–H groups in total. The van der Waals surface area contributed by atoms with Gasteiger partial charge in [0.05, 0.1) is 24.9 Å². The number of ether oxygens (including phenoxy) is 2. The van der Waals surface area contributed by atoms with E-state index in [0.717, 1.165) is 32.2 Å². The van der Waals surface area contributed by atoms with Crippen LogP contribution in [-0.4, -0.2) is 49.5 Å². The first-order chi connectivity index (χ1) is 9.84. The summed E-state index contributed by atoms with van der Waals surface area (Å²) in [5.41, 5.74) is 0.463. The molecule has 0 spiro atoms. The molecule has 21 heavy (non-hydrogen) atoms. The summed E-state index contributed by atoms with van der Waals surface area (Å²) in [6, 6.07) is 0. The largest absolute Gasteiger partial charge is 0.377 e. The smallest absolute Gasteiger partial charge is 0.0678 e. The van der Waals surface area contributed by atoms with Crippen LogP contribution in [-0.2, 0) is 9.47 Å². The molecule has 2 fully saturated rings. The summed E-state index contributed by atoms with van der Waals surface area (Å²) in [6.07, 6.45) is 6.38. The minimum absolute atomic E-state index is 0.357. The maximum absolute atomic E-state index is 6.13. The van der Waals surface area contributed by atoms with E-state index in [1.165, 1.54) is 25.7 Å². The summed E-state index contributed by atoms with van der Waals surface area (Å²) < 4.78 is 11.9. The molecule has 0 aromatic carbocycles. The van der Waals surface area contributed by atoms with Crippen molar-refractivity contribution in [3.8, 4) is 0 Å². The molecule has 0 radical (unpaired) electrons. The molecule has 124 valence electrons. The first-order valence-electron chi connectivity index (χ1n) is 8.84. The van der Waals surface area contributed by atoms with E-state index in [2.05, 4.69) is 39.5 Å². The maximum Gasteiger partial charge on any atom is 0.0678 e. The minimum Gasteiger partial charge on any atom is -0.377 e. The van der Waals surface area contributed by atoms with Crippen LogP contribution in [0.2, 0.25) is 0 Å². The van der Waals surface area contributed by atoms with Gasteiger partial charge < -0.3 is 9.47 Å². The zero-order valence-electron chi connectivity index (χ0n) is 14.7. The zero-order valence-corrected chi connectivity index (χ0v) is 14.7. The normalized spacial score (nSPS) is 35.9. The van der Waals surface area contributed by atoms with E-state index in [-0.39, 0.29) is 0 Å². The van der Waals surface area contributed by atoms with Gasteiger partial charge in [0.1, 0.15) is 0 Å². The van der Waals surface area contributed by atoms with Crippen LogP contribution in [0.4, 0.5) is 0 Å². The second-order valence-electron chi connectivity index (χ2n) is 8.23. The number of hydrogen-bond donors (Lipinski definition) is 0. The van der Waals surface area contributed by atoms with E-state index in [9.17, 15) is 0 Å². The molecule has 2 atom stereocenters. The average molecular weight is 297 g/mol. The Hall–Kier alpha value is -0.120. The van der Waals surface area contributed by atoms with Crippen molar-refractivity contribution in [2.45, 2.75) is 78.6 Å². The number of rotatable bonds is 4. The van der Waals surface area contributed by atoms with Crippen LogP contribution >= 0.6 is 0 Å². The van der Waals surface area contributed by atoms with E-state index in [1.807, 2.05) is 0 Å². The molecule has 2 rings (SSSR count). The second kappa shape index (κ2) is 7.43. The molecule has 1 aliphatic heterocycles. The Morgan fingerprint density at radius 1 is 1.00 bits per heavy atom. The van der Waals surface area contributed by atoms with Gasteiger partial charge in [-0.2, -0.15) is 0 Å². The van der Waals surface area contributed by atoms with Gasteiger partial charge in [-0.15, -0.1) is 0 Å². The molecule has 3 nitrogen and oxygen atoms in total. The highest BCUT2D eigenvalue weighted by molar-refractivity contribution is 4.81. The third-order valence-corrected chi connectivity index (χ3v) is 5.16. The molecule has 2 unspecified atom stereocenters. The molecule has 2 aliphatic rings. The minimum atomic E-state index is 0.357. The Balaban J connectivity index is 1.62. The van der Waals surface area contributed by atoms with E-state index >= 15 is 0 Å². The van der Waals surface area contributed by atoms with E-state index in [1.54, 1.807) is 0 Å². The van der Waals surface area contributed by atoms with Crippen LogP contribution in [0, 0.1) is 11.3 Å². The fourth-order valence-electron chi connectivity index (χ4n) is 3.91. The standard InChI is InChI=1S/C18H35NO2/c1-14-12-19(13-15(2)21-14)10-11-20-17-8-6-16(7-9-17)18(3,4)5/h14-17H,6-13H2,1-5H3. The second-order valence-corrected chi connectivity index (χ2v) is 8.23. The van der Waals surface area contributed by atoms with Crippen LogP contribution in [0.3, 0.4) is 0 Å². The predicted molar refractivity (Wildman–Crippen MR) is 87.6 cm³/mol. The fourth-order valence-corrected chi connectivity index (χ4v) is 3.91. The van der Waals surface area contributed by atoms with Gasteiger partial charge in [-0.3, -0.25) is 4.90 Å². The summed E-state index contributed by atoms with van der Waals surface area (Å²) >= 11 is 0. The van der Waals surface area contributed by atoms with Crippen molar-refractivity contribution in [3.63, 3.8) is 0 Å². The highest BCUT2D eigenvalue weighted by Gasteiger charge is 2.30. The number of hydrogen-bond acceptors (Lipinski definition) is 3. The Kier molecular flexibility index (Phi) is 6.10. The zero-order chi connectivity index (χ0) is 15.5. The molecular weight excluding hydrogens is 262 g/mol. The van der Waals surface area contributed by atoms with Crippen molar-refractivity contribution in [2.24, 2.45) is 11.3 Å². The van der Waals surface area contributed by atoms with E-state index in [0.29, 0.717) is 23.7 Å². The number of nitrogens with zero attached hydrogens (tertiary/aromatic N) is 1. The Morgan fingerprint density at radius 3 is 2.10 bits per heavy atom. The lowest BCUT2D eigenvalue weighted by Crippen LogP contribution is -2.46. The lowest BCUT2D eigenvalue weighted by molar-refractivity contribution is -0.0786. The van der Waals surface area contributed by atoms with E-state index < -0.39 is 0 Å². The van der Waals surface area contributed by atoms with Crippen LogP contribution in [0.25, 0.3) is 0 Å².